The van der Waals surface area contributed by atoms with Crippen molar-refractivity contribution in [2.75, 3.05) is 6.54 Å². The van der Waals surface area contributed by atoms with Crippen molar-refractivity contribution in [3.8, 4) is 0 Å². The van der Waals surface area contributed by atoms with Crippen LogP contribution >= 0.6 is 0 Å². The van der Waals surface area contributed by atoms with Gasteiger partial charge in [-0.15, -0.1) is 0 Å². The van der Waals surface area contributed by atoms with Crippen molar-refractivity contribution >= 4 is 12.1 Å². The number of aliphatic carboxylic acids is 1. The summed E-state index contributed by atoms with van der Waals surface area (Å²) in [6.07, 6.45) is 4.07. The third-order valence-corrected chi connectivity index (χ3v) is 3.06. The number of carbonyl (C=O) groups excluding carboxylic acids is 1. The minimum atomic E-state index is -1.10. The lowest BCUT2D eigenvalue weighted by atomic mass is 10.1. The fraction of sp³-hybridized carbons (Fsp3) is 0.688. The average molecular weight is 325 g/mol. The SMILES string of the molecule is CCCN(C(=O)OC(C)(C)C)C(C(=O)O)c1cnn(CCC)c1. The number of amides is 1. The molecule has 1 atom stereocenters. The molecule has 0 aliphatic rings. The summed E-state index contributed by atoms with van der Waals surface area (Å²) >= 11 is 0. The fourth-order valence-corrected chi connectivity index (χ4v) is 2.22. The maximum Gasteiger partial charge on any atom is 0.411 e. The van der Waals surface area contributed by atoms with Crippen LogP contribution in [0.2, 0.25) is 0 Å². The van der Waals surface area contributed by atoms with Crippen LogP contribution in [0.1, 0.15) is 59.1 Å². The van der Waals surface area contributed by atoms with Gasteiger partial charge in [0.1, 0.15) is 5.60 Å². The predicted octanol–water partition coefficient (Wildman–Crippen LogP) is 3.07. The highest BCUT2D eigenvalue weighted by molar-refractivity contribution is 5.81. The highest BCUT2D eigenvalue weighted by Gasteiger charge is 2.34. The Balaban J connectivity index is 3.10. The number of carboxylic acids is 1. The summed E-state index contributed by atoms with van der Waals surface area (Å²) in [4.78, 5) is 25.4. The first-order valence-corrected chi connectivity index (χ1v) is 7.94. The normalized spacial score (nSPS) is 12.7. The highest BCUT2D eigenvalue weighted by atomic mass is 16.6. The molecular formula is C16H27N3O4. The van der Waals surface area contributed by atoms with Crippen LogP contribution in [0.15, 0.2) is 12.4 Å². The van der Waals surface area contributed by atoms with E-state index < -0.39 is 23.7 Å². The average Bonchev–Trinajstić information content (AvgIpc) is 2.84. The second kappa shape index (κ2) is 7.99. The first kappa shape index (κ1) is 19.0. The van der Waals surface area contributed by atoms with E-state index in [1.807, 2.05) is 13.8 Å². The van der Waals surface area contributed by atoms with Crippen LogP contribution in [0.25, 0.3) is 0 Å². The maximum absolute atomic E-state index is 12.4. The quantitative estimate of drug-likeness (QED) is 0.833. The molecule has 0 fully saturated rings. The summed E-state index contributed by atoms with van der Waals surface area (Å²) in [7, 11) is 0. The molecule has 1 rings (SSSR count). The van der Waals surface area contributed by atoms with Crippen LogP contribution in [-0.4, -0.2) is 44.0 Å². The van der Waals surface area contributed by atoms with Crippen molar-refractivity contribution in [3.05, 3.63) is 18.0 Å². The molecule has 1 unspecified atom stereocenters. The van der Waals surface area contributed by atoms with E-state index in [1.165, 1.54) is 11.1 Å². The highest BCUT2D eigenvalue weighted by Crippen LogP contribution is 2.24. The van der Waals surface area contributed by atoms with Crippen molar-refractivity contribution < 1.29 is 19.4 Å². The number of aromatic nitrogens is 2. The van der Waals surface area contributed by atoms with Crippen molar-refractivity contribution in [1.29, 1.82) is 0 Å². The second-order valence-electron chi connectivity index (χ2n) is 6.45. The Labute approximate surface area is 137 Å². The summed E-state index contributed by atoms with van der Waals surface area (Å²) < 4.78 is 7.04. The van der Waals surface area contributed by atoms with E-state index in [0.717, 1.165) is 6.42 Å². The lowest BCUT2D eigenvalue weighted by molar-refractivity contribution is -0.143. The third kappa shape index (κ3) is 5.58. The number of aryl methyl sites for hydroxylation is 1. The summed E-state index contributed by atoms with van der Waals surface area (Å²) in [5, 5.41) is 13.8. The van der Waals surface area contributed by atoms with Crippen LogP contribution in [0.3, 0.4) is 0 Å². The molecule has 0 aliphatic carbocycles. The number of ether oxygens (including phenoxy) is 1. The zero-order valence-electron chi connectivity index (χ0n) is 14.6. The lowest BCUT2D eigenvalue weighted by Gasteiger charge is -2.30. The molecule has 0 aromatic carbocycles. The van der Waals surface area contributed by atoms with E-state index in [0.29, 0.717) is 25.1 Å². The predicted molar refractivity (Wildman–Crippen MR) is 86.1 cm³/mol. The Morgan fingerprint density at radius 3 is 2.48 bits per heavy atom. The van der Waals surface area contributed by atoms with Gasteiger partial charge in [-0.25, -0.2) is 9.59 Å². The molecule has 1 amide bonds. The number of rotatable bonds is 7. The summed E-state index contributed by atoms with van der Waals surface area (Å²) in [6, 6.07) is -1.10. The number of hydrogen-bond donors (Lipinski definition) is 1. The minimum absolute atomic E-state index is 0.296. The van der Waals surface area contributed by atoms with Gasteiger partial charge in [0.25, 0.3) is 0 Å². The van der Waals surface area contributed by atoms with Gasteiger partial charge in [-0.1, -0.05) is 13.8 Å². The van der Waals surface area contributed by atoms with Crippen LogP contribution in [0.5, 0.6) is 0 Å². The maximum atomic E-state index is 12.4. The van der Waals surface area contributed by atoms with Crippen molar-refractivity contribution in [3.63, 3.8) is 0 Å². The van der Waals surface area contributed by atoms with E-state index in [-0.39, 0.29) is 0 Å². The Morgan fingerprint density at radius 1 is 1.35 bits per heavy atom. The van der Waals surface area contributed by atoms with Crippen LogP contribution < -0.4 is 0 Å². The Bertz CT molecular complexity index is 534. The van der Waals surface area contributed by atoms with Crippen LogP contribution in [0, 0.1) is 0 Å². The second-order valence-corrected chi connectivity index (χ2v) is 6.45. The summed E-state index contributed by atoms with van der Waals surface area (Å²) in [5.41, 5.74) is -0.205. The molecule has 7 nitrogen and oxygen atoms in total. The standard InChI is InChI=1S/C16H27N3O4/c1-6-8-18-11-12(10-17-18)13(14(20)21)19(9-7-2)15(22)23-16(3,4)5/h10-11,13H,6-9H2,1-5H3,(H,20,21). The molecule has 0 saturated carbocycles. The molecule has 1 aromatic rings. The van der Waals surface area contributed by atoms with E-state index in [2.05, 4.69) is 5.10 Å². The van der Waals surface area contributed by atoms with Crippen molar-refractivity contribution in [2.45, 2.75) is 65.6 Å². The molecule has 1 heterocycles. The van der Waals surface area contributed by atoms with Gasteiger partial charge >= 0.3 is 12.1 Å². The molecule has 0 bridgehead atoms. The Morgan fingerprint density at radius 2 is 2.00 bits per heavy atom. The van der Waals surface area contributed by atoms with Gasteiger partial charge in [-0.2, -0.15) is 5.10 Å². The van der Waals surface area contributed by atoms with Crippen LogP contribution in [-0.2, 0) is 16.1 Å². The van der Waals surface area contributed by atoms with Gasteiger partial charge < -0.3 is 9.84 Å². The fourth-order valence-electron chi connectivity index (χ4n) is 2.22. The molecule has 1 N–H and O–H groups in total. The third-order valence-electron chi connectivity index (χ3n) is 3.06. The van der Waals surface area contributed by atoms with E-state index in [1.54, 1.807) is 31.6 Å². The van der Waals surface area contributed by atoms with Gasteiger partial charge in [0.15, 0.2) is 6.04 Å². The molecule has 130 valence electrons. The number of nitrogens with zero attached hydrogens (tertiary/aromatic N) is 3. The summed E-state index contributed by atoms with van der Waals surface area (Å²) in [5.74, 6) is -1.10. The van der Waals surface area contributed by atoms with Gasteiger partial charge in [0, 0.05) is 24.8 Å². The van der Waals surface area contributed by atoms with Gasteiger partial charge in [0.2, 0.25) is 0 Å². The monoisotopic (exact) mass is 325 g/mol. The van der Waals surface area contributed by atoms with Gasteiger partial charge in [-0.3, -0.25) is 9.58 Å². The smallest absolute Gasteiger partial charge is 0.411 e. The summed E-state index contributed by atoms with van der Waals surface area (Å²) in [6.45, 7) is 10.2. The van der Waals surface area contributed by atoms with E-state index >= 15 is 0 Å². The zero-order chi connectivity index (χ0) is 17.6. The molecular weight excluding hydrogens is 298 g/mol. The molecule has 0 radical (unpaired) electrons. The molecule has 1 aromatic heterocycles. The molecule has 0 aliphatic heterocycles. The number of carbonyl (C=O) groups is 2. The van der Waals surface area contributed by atoms with Crippen LogP contribution in [0.4, 0.5) is 4.79 Å². The Kier molecular flexibility index (Phi) is 6.60. The van der Waals surface area contributed by atoms with E-state index in [9.17, 15) is 14.7 Å². The van der Waals surface area contributed by atoms with Crippen molar-refractivity contribution in [2.24, 2.45) is 0 Å². The minimum Gasteiger partial charge on any atom is -0.479 e. The number of carboxylic acid groups (broad SMARTS) is 1. The first-order chi connectivity index (χ1) is 10.7. The number of hydrogen-bond acceptors (Lipinski definition) is 4. The molecule has 0 spiro atoms. The lowest BCUT2D eigenvalue weighted by Crippen LogP contribution is -2.42. The van der Waals surface area contributed by atoms with E-state index in [4.69, 9.17) is 4.74 Å². The molecule has 7 heteroatoms. The first-order valence-electron chi connectivity index (χ1n) is 7.94. The topological polar surface area (TPSA) is 84.7 Å². The zero-order valence-corrected chi connectivity index (χ0v) is 14.6. The van der Waals surface area contributed by atoms with Crippen molar-refractivity contribution in [1.82, 2.24) is 14.7 Å². The van der Waals surface area contributed by atoms with Gasteiger partial charge in [0.05, 0.1) is 6.20 Å². The Hall–Kier alpha value is -2.05. The van der Waals surface area contributed by atoms with Gasteiger partial charge in [-0.05, 0) is 33.6 Å². The largest absolute Gasteiger partial charge is 0.479 e. The molecule has 0 saturated heterocycles. The molecule has 23 heavy (non-hydrogen) atoms.